The number of hydrogen-bond acceptors (Lipinski definition) is 2. The third-order valence-electron chi connectivity index (χ3n) is 3.72. The molecule has 0 atom stereocenters. The van der Waals surface area contributed by atoms with Crippen molar-refractivity contribution in [2.45, 2.75) is 25.7 Å². The molecule has 5 heteroatoms. The van der Waals surface area contributed by atoms with Crippen molar-refractivity contribution in [2.24, 2.45) is 5.41 Å². The number of rotatable bonds is 4. The summed E-state index contributed by atoms with van der Waals surface area (Å²) >= 11 is 5.93. The highest BCUT2D eigenvalue weighted by molar-refractivity contribution is 6.33. The zero-order valence-electron chi connectivity index (χ0n) is 10.5. The largest absolute Gasteiger partial charge is 0.481 e. The first-order valence-electron chi connectivity index (χ1n) is 6.31. The fourth-order valence-electron chi connectivity index (χ4n) is 2.51. The maximum Gasteiger partial charge on any atom is 0.311 e. The van der Waals surface area contributed by atoms with Gasteiger partial charge in [-0.25, -0.2) is 0 Å². The molecule has 1 saturated carbocycles. The molecule has 0 heterocycles. The van der Waals surface area contributed by atoms with Gasteiger partial charge in [0.25, 0.3) is 5.91 Å². The number of carboxylic acids is 1. The summed E-state index contributed by atoms with van der Waals surface area (Å²) in [5.74, 6) is -1.15. The molecule has 2 N–H and O–H groups in total. The second-order valence-corrected chi connectivity index (χ2v) is 5.36. The standard InChI is InChI=1S/C14H16ClNO3/c15-11-6-2-1-5-10(11)12(17)16-9-14(13(18)19)7-3-4-8-14/h1-2,5-6H,3-4,7-9H2,(H,16,17)(H,18,19). The Labute approximate surface area is 116 Å². The number of benzene rings is 1. The average Bonchev–Trinajstić information content (AvgIpc) is 2.86. The lowest BCUT2D eigenvalue weighted by Gasteiger charge is -2.24. The molecule has 0 aromatic heterocycles. The molecule has 0 bridgehead atoms. The van der Waals surface area contributed by atoms with Gasteiger partial charge in [0.2, 0.25) is 0 Å². The Hall–Kier alpha value is -1.55. The van der Waals surface area contributed by atoms with E-state index in [0.717, 1.165) is 12.8 Å². The van der Waals surface area contributed by atoms with Gasteiger partial charge in [-0.05, 0) is 25.0 Å². The molecule has 19 heavy (non-hydrogen) atoms. The number of carboxylic acid groups (broad SMARTS) is 1. The zero-order chi connectivity index (χ0) is 13.9. The van der Waals surface area contributed by atoms with Gasteiger partial charge in [-0.1, -0.05) is 36.6 Å². The van der Waals surface area contributed by atoms with Crippen LogP contribution >= 0.6 is 11.6 Å². The van der Waals surface area contributed by atoms with Crippen LogP contribution in [0.5, 0.6) is 0 Å². The second-order valence-electron chi connectivity index (χ2n) is 4.96. The van der Waals surface area contributed by atoms with Gasteiger partial charge in [0.1, 0.15) is 0 Å². The Balaban J connectivity index is 2.04. The Morgan fingerprint density at radius 3 is 2.47 bits per heavy atom. The molecule has 1 fully saturated rings. The van der Waals surface area contributed by atoms with Gasteiger partial charge in [-0.2, -0.15) is 0 Å². The second kappa shape index (κ2) is 5.61. The summed E-state index contributed by atoms with van der Waals surface area (Å²) in [5, 5.41) is 12.4. The lowest BCUT2D eigenvalue weighted by molar-refractivity contribution is -0.148. The summed E-state index contributed by atoms with van der Waals surface area (Å²) in [7, 11) is 0. The Kier molecular flexibility index (Phi) is 4.10. The molecule has 0 unspecified atom stereocenters. The number of nitrogens with one attached hydrogen (secondary N) is 1. The van der Waals surface area contributed by atoms with Crippen molar-refractivity contribution in [2.75, 3.05) is 6.54 Å². The first-order chi connectivity index (χ1) is 9.05. The van der Waals surface area contributed by atoms with Crippen molar-refractivity contribution in [3.8, 4) is 0 Å². The lowest BCUT2D eigenvalue weighted by atomic mass is 9.86. The van der Waals surface area contributed by atoms with Crippen LogP contribution in [0.15, 0.2) is 24.3 Å². The molecule has 1 aliphatic carbocycles. The van der Waals surface area contributed by atoms with Gasteiger partial charge < -0.3 is 10.4 Å². The Morgan fingerprint density at radius 2 is 1.89 bits per heavy atom. The maximum absolute atomic E-state index is 12.0. The van der Waals surface area contributed by atoms with Crippen LogP contribution in [-0.2, 0) is 4.79 Å². The van der Waals surface area contributed by atoms with Crippen LogP contribution in [0.4, 0.5) is 0 Å². The van der Waals surface area contributed by atoms with E-state index in [9.17, 15) is 14.7 Å². The van der Waals surface area contributed by atoms with Gasteiger partial charge in [0.15, 0.2) is 0 Å². The highest BCUT2D eigenvalue weighted by atomic mass is 35.5. The van der Waals surface area contributed by atoms with Crippen molar-refractivity contribution in [1.29, 1.82) is 0 Å². The fourth-order valence-corrected chi connectivity index (χ4v) is 2.73. The molecule has 4 nitrogen and oxygen atoms in total. The van der Waals surface area contributed by atoms with Crippen LogP contribution in [-0.4, -0.2) is 23.5 Å². The third kappa shape index (κ3) is 2.89. The average molecular weight is 282 g/mol. The Bertz CT molecular complexity index is 495. The highest BCUT2D eigenvalue weighted by Gasteiger charge is 2.41. The number of amides is 1. The molecule has 0 saturated heterocycles. The van der Waals surface area contributed by atoms with Crippen molar-refractivity contribution >= 4 is 23.5 Å². The normalized spacial score (nSPS) is 17.1. The summed E-state index contributed by atoms with van der Waals surface area (Å²) in [6.45, 7) is 0.159. The zero-order valence-corrected chi connectivity index (χ0v) is 11.2. The maximum atomic E-state index is 12.0. The third-order valence-corrected chi connectivity index (χ3v) is 4.05. The molecule has 1 amide bonds. The summed E-state index contributed by atoms with van der Waals surface area (Å²) < 4.78 is 0. The molecule has 0 aliphatic heterocycles. The number of carbonyl (C=O) groups excluding carboxylic acids is 1. The summed E-state index contributed by atoms with van der Waals surface area (Å²) in [5.41, 5.74) is -0.431. The van der Waals surface area contributed by atoms with Gasteiger partial charge >= 0.3 is 5.97 Å². The lowest BCUT2D eigenvalue weighted by Crippen LogP contribution is -2.41. The van der Waals surface area contributed by atoms with Crippen LogP contribution in [0.1, 0.15) is 36.0 Å². The van der Waals surface area contributed by atoms with Crippen LogP contribution < -0.4 is 5.32 Å². The van der Waals surface area contributed by atoms with Crippen LogP contribution in [0, 0.1) is 5.41 Å². The van der Waals surface area contributed by atoms with E-state index in [1.165, 1.54) is 0 Å². The van der Waals surface area contributed by atoms with E-state index < -0.39 is 11.4 Å². The minimum Gasteiger partial charge on any atom is -0.481 e. The number of hydrogen-bond donors (Lipinski definition) is 2. The number of carbonyl (C=O) groups is 2. The van der Waals surface area contributed by atoms with Gasteiger partial charge in [0, 0.05) is 6.54 Å². The molecular formula is C14H16ClNO3. The van der Waals surface area contributed by atoms with Crippen molar-refractivity contribution in [3.05, 3.63) is 34.9 Å². The van der Waals surface area contributed by atoms with Crippen molar-refractivity contribution in [1.82, 2.24) is 5.32 Å². The molecule has 2 rings (SSSR count). The van der Waals surface area contributed by atoms with E-state index in [4.69, 9.17) is 11.6 Å². The monoisotopic (exact) mass is 281 g/mol. The van der Waals surface area contributed by atoms with Crippen molar-refractivity contribution in [3.63, 3.8) is 0 Å². The van der Waals surface area contributed by atoms with Crippen LogP contribution in [0.3, 0.4) is 0 Å². The smallest absolute Gasteiger partial charge is 0.311 e. The summed E-state index contributed by atoms with van der Waals surface area (Å²) in [4.78, 5) is 23.4. The van der Waals surface area contributed by atoms with E-state index in [-0.39, 0.29) is 12.5 Å². The van der Waals surface area contributed by atoms with E-state index in [1.54, 1.807) is 24.3 Å². The summed E-state index contributed by atoms with van der Waals surface area (Å²) in [6, 6.07) is 6.73. The predicted molar refractivity (Wildman–Crippen MR) is 72.3 cm³/mol. The number of aliphatic carboxylic acids is 1. The molecule has 0 radical (unpaired) electrons. The van der Waals surface area contributed by atoms with Gasteiger partial charge in [-0.15, -0.1) is 0 Å². The van der Waals surface area contributed by atoms with E-state index in [0.29, 0.717) is 23.4 Å². The fraction of sp³-hybridized carbons (Fsp3) is 0.429. The number of halogens is 1. The van der Waals surface area contributed by atoms with E-state index in [2.05, 4.69) is 5.32 Å². The Morgan fingerprint density at radius 1 is 1.26 bits per heavy atom. The van der Waals surface area contributed by atoms with Gasteiger partial charge in [-0.3, -0.25) is 9.59 Å². The first kappa shape index (κ1) is 13.9. The van der Waals surface area contributed by atoms with Crippen molar-refractivity contribution < 1.29 is 14.7 Å². The highest BCUT2D eigenvalue weighted by Crippen LogP contribution is 2.37. The molecule has 102 valence electrons. The summed E-state index contributed by atoms with van der Waals surface area (Å²) in [6.07, 6.45) is 3.03. The first-order valence-corrected chi connectivity index (χ1v) is 6.69. The molecule has 0 spiro atoms. The van der Waals surface area contributed by atoms with E-state index >= 15 is 0 Å². The minimum atomic E-state index is -0.829. The van der Waals surface area contributed by atoms with Crippen LogP contribution in [0.2, 0.25) is 5.02 Å². The quantitative estimate of drug-likeness (QED) is 0.892. The van der Waals surface area contributed by atoms with E-state index in [1.807, 2.05) is 0 Å². The minimum absolute atomic E-state index is 0.159. The molecule has 1 aromatic carbocycles. The predicted octanol–water partition coefficient (Wildman–Crippen LogP) is 2.71. The topological polar surface area (TPSA) is 66.4 Å². The van der Waals surface area contributed by atoms with Gasteiger partial charge in [0.05, 0.1) is 16.0 Å². The SMILES string of the molecule is O=C(NCC1(C(=O)O)CCCC1)c1ccccc1Cl. The molecule has 1 aliphatic rings. The molecule has 1 aromatic rings. The molecular weight excluding hydrogens is 266 g/mol. The van der Waals surface area contributed by atoms with Crippen LogP contribution in [0.25, 0.3) is 0 Å².